The SMILES string of the molecule is CCNC(=NCC1(CCOC)CCCC1)NCCN1CCCCC1C.I. The second-order valence-electron chi connectivity index (χ2n) is 7.95. The maximum atomic E-state index is 5.34. The van der Waals surface area contributed by atoms with Crippen LogP contribution in [0.5, 0.6) is 0 Å². The summed E-state index contributed by atoms with van der Waals surface area (Å²) in [6.07, 6.45) is 10.5. The highest BCUT2D eigenvalue weighted by atomic mass is 127. The lowest BCUT2D eigenvalue weighted by Gasteiger charge is -2.33. The van der Waals surface area contributed by atoms with Crippen LogP contribution >= 0.6 is 24.0 Å². The van der Waals surface area contributed by atoms with E-state index in [1.165, 1.54) is 51.5 Å². The average molecular weight is 480 g/mol. The van der Waals surface area contributed by atoms with Gasteiger partial charge in [-0.1, -0.05) is 19.3 Å². The van der Waals surface area contributed by atoms with E-state index in [4.69, 9.17) is 9.73 Å². The zero-order valence-electron chi connectivity index (χ0n) is 17.2. The van der Waals surface area contributed by atoms with Gasteiger partial charge in [-0.15, -0.1) is 24.0 Å². The molecular weight excluding hydrogens is 439 g/mol. The Morgan fingerprint density at radius 1 is 1.19 bits per heavy atom. The molecule has 1 aliphatic heterocycles. The van der Waals surface area contributed by atoms with E-state index in [1.807, 2.05) is 0 Å². The predicted octanol–water partition coefficient (Wildman–Crippen LogP) is 3.63. The summed E-state index contributed by atoms with van der Waals surface area (Å²) < 4.78 is 5.34. The van der Waals surface area contributed by atoms with Crippen LogP contribution < -0.4 is 10.6 Å². The Hall–Kier alpha value is -0.0800. The number of nitrogens with one attached hydrogen (secondary N) is 2. The second kappa shape index (κ2) is 13.2. The zero-order chi connectivity index (χ0) is 18.0. The highest BCUT2D eigenvalue weighted by Gasteiger charge is 2.33. The normalized spacial score (nSPS) is 23.5. The summed E-state index contributed by atoms with van der Waals surface area (Å²) in [6.45, 7) is 10.5. The Morgan fingerprint density at radius 3 is 2.62 bits per heavy atom. The Kier molecular flexibility index (Phi) is 12.1. The van der Waals surface area contributed by atoms with Crippen molar-refractivity contribution >= 4 is 29.9 Å². The zero-order valence-corrected chi connectivity index (χ0v) is 19.5. The third-order valence-corrected chi connectivity index (χ3v) is 6.05. The summed E-state index contributed by atoms with van der Waals surface area (Å²) in [7, 11) is 1.80. The van der Waals surface area contributed by atoms with E-state index in [1.54, 1.807) is 7.11 Å². The molecule has 6 heteroatoms. The molecule has 1 saturated carbocycles. The van der Waals surface area contributed by atoms with Gasteiger partial charge in [0.15, 0.2) is 5.96 Å². The van der Waals surface area contributed by atoms with Gasteiger partial charge in [0.2, 0.25) is 0 Å². The van der Waals surface area contributed by atoms with E-state index >= 15 is 0 Å². The van der Waals surface area contributed by atoms with E-state index in [2.05, 4.69) is 29.4 Å². The van der Waals surface area contributed by atoms with Crippen molar-refractivity contribution in [3.63, 3.8) is 0 Å². The molecule has 0 bridgehead atoms. The minimum absolute atomic E-state index is 0. The summed E-state index contributed by atoms with van der Waals surface area (Å²) in [6, 6.07) is 0.728. The highest BCUT2D eigenvalue weighted by Crippen LogP contribution is 2.41. The first-order valence-corrected chi connectivity index (χ1v) is 10.4. The minimum atomic E-state index is 0. The molecular formula is C20H41IN4O. The average Bonchev–Trinajstić information content (AvgIpc) is 3.09. The molecule has 1 heterocycles. The molecule has 1 unspecified atom stereocenters. The number of aliphatic imine (C=N–C) groups is 1. The van der Waals surface area contributed by atoms with Crippen molar-refractivity contribution < 1.29 is 4.74 Å². The standard InChI is InChI=1S/C20H40N4O.HI/c1-4-21-19(22-13-15-24-14-8-5-9-18(24)2)23-17-20(12-16-25-3)10-6-7-11-20;/h18H,4-17H2,1-3H3,(H2,21,22,23);1H. The summed E-state index contributed by atoms with van der Waals surface area (Å²) >= 11 is 0. The van der Waals surface area contributed by atoms with Crippen molar-refractivity contribution in [2.24, 2.45) is 10.4 Å². The van der Waals surface area contributed by atoms with Crippen LogP contribution in [0.2, 0.25) is 0 Å². The van der Waals surface area contributed by atoms with E-state index in [9.17, 15) is 0 Å². The van der Waals surface area contributed by atoms with Crippen molar-refractivity contribution in [1.82, 2.24) is 15.5 Å². The molecule has 0 aromatic heterocycles. The molecule has 2 N–H and O–H groups in total. The van der Waals surface area contributed by atoms with Crippen LogP contribution in [0.15, 0.2) is 4.99 Å². The van der Waals surface area contributed by atoms with E-state index in [0.717, 1.165) is 51.2 Å². The Bertz CT molecular complexity index is 399. The van der Waals surface area contributed by atoms with E-state index in [0.29, 0.717) is 5.41 Å². The van der Waals surface area contributed by atoms with Crippen molar-refractivity contribution in [2.75, 3.05) is 46.4 Å². The number of halogens is 1. The molecule has 2 rings (SSSR count). The predicted molar refractivity (Wildman–Crippen MR) is 122 cm³/mol. The molecule has 154 valence electrons. The lowest BCUT2D eigenvalue weighted by Crippen LogP contribution is -2.45. The fourth-order valence-corrected chi connectivity index (χ4v) is 4.33. The van der Waals surface area contributed by atoms with Gasteiger partial charge in [0.1, 0.15) is 0 Å². The van der Waals surface area contributed by atoms with Crippen molar-refractivity contribution in [1.29, 1.82) is 0 Å². The third-order valence-electron chi connectivity index (χ3n) is 6.05. The van der Waals surface area contributed by atoms with Crippen molar-refractivity contribution in [3.05, 3.63) is 0 Å². The number of nitrogens with zero attached hydrogens (tertiary/aromatic N) is 2. The molecule has 5 nitrogen and oxygen atoms in total. The number of hydrogen-bond acceptors (Lipinski definition) is 3. The summed E-state index contributed by atoms with van der Waals surface area (Å²) in [5.74, 6) is 0.982. The van der Waals surface area contributed by atoms with Gasteiger partial charge in [0, 0.05) is 45.9 Å². The van der Waals surface area contributed by atoms with Gasteiger partial charge in [-0.3, -0.25) is 9.89 Å². The fraction of sp³-hybridized carbons (Fsp3) is 0.950. The van der Waals surface area contributed by atoms with Crippen molar-refractivity contribution in [3.8, 4) is 0 Å². The molecule has 1 atom stereocenters. The second-order valence-corrected chi connectivity index (χ2v) is 7.95. The number of likely N-dealkylation sites (tertiary alicyclic amines) is 1. The van der Waals surface area contributed by atoms with Crippen LogP contribution in [0.4, 0.5) is 0 Å². The third kappa shape index (κ3) is 7.89. The summed E-state index contributed by atoms with van der Waals surface area (Å²) in [5, 5.41) is 6.97. The van der Waals surface area contributed by atoms with Gasteiger partial charge in [0.05, 0.1) is 0 Å². The van der Waals surface area contributed by atoms with E-state index in [-0.39, 0.29) is 24.0 Å². The molecule has 26 heavy (non-hydrogen) atoms. The smallest absolute Gasteiger partial charge is 0.191 e. The maximum Gasteiger partial charge on any atom is 0.191 e. The van der Waals surface area contributed by atoms with Gasteiger partial charge in [0.25, 0.3) is 0 Å². The quantitative estimate of drug-likeness (QED) is 0.301. The lowest BCUT2D eigenvalue weighted by atomic mass is 9.83. The van der Waals surface area contributed by atoms with Gasteiger partial charge in [-0.25, -0.2) is 0 Å². The minimum Gasteiger partial charge on any atom is -0.385 e. The van der Waals surface area contributed by atoms with Crippen molar-refractivity contribution in [2.45, 2.75) is 71.3 Å². The highest BCUT2D eigenvalue weighted by molar-refractivity contribution is 14.0. The van der Waals surface area contributed by atoms with Crippen LogP contribution in [-0.4, -0.2) is 63.3 Å². The molecule has 0 spiro atoms. The molecule has 2 aliphatic rings. The summed E-state index contributed by atoms with van der Waals surface area (Å²) in [4.78, 5) is 7.55. The first-order valence-electron chi connectivity index (χ1n) is 10.4. The molecule has 2 fully saturated rings. The molecule has 0 amide bonds. The van der Waals surface area contributed by atoms with E-state index < -0.39 is 0 Å². The molecule has 1 saturated heterocycles. The molecule has 1 aliphatic carbocycles. The first-order chi connectivity index (χ1) is 12.2. The topological polar surface area (TPSA) is 48.9 Å². The Labute approximate surface area is 178 Å². The molecule has 0 radical (unpaired) electrons. The number of piperidine rings is 1. The Balaban J connectivity index is 0.00000338. The maximum absolute atomic E-state index is 5.34. The fourth-order valence-electron chi connectivity index (χ4n) is 4.33. The van der Waals surface area contributed by atoms with Crippen LogP contribution in [0.3, 0.4) is 0 Å². The number of methoxy groups -OCH3 is 1. The number of hydrogen-bond donors (Lipinski definition) is 2. The van der Waals surface area contributed by atoms with Gasteiger partial charge in [-0.05, 0) is 57.9 Å². The van der Waals surface area contributed by atoms with Crippen LogP contribution in [0.25, 0.3) is 0 Å². The number of ether oxygens (including phenoxy) is 1. The number of rotatable bonds is 9. The summed E-state index contributed by atoms with van der Waals surface area (Å²) in [5.41, 5.74) is 0.361. The van der Waals surface area contributed by atoms with Gasteiger partial charge < -0.3 is 15.4 Å². The first kappa shape index (κ1) is 24.0. The van der Waals surface area contributed by atoms with Crippen LogP contribution in [0.1, 0.15) is 65.2 Å². The van der Waals surface area contributed by atoms with Crippen LogP contribution in [-0.2, 0) is 4.74 Å². The number of guanidine groups is 1. The largest absolute Gasteiger partial charge is 0.385 e. The van der Waals surface area contributed by atoms with Gasteiger partial charge in [-0.2, -0.15) is 0 Å². The lowest BCUT2D eigenvalue weighted by molar-refractivity contribution is 0.141. The Morgan fingerprint density at radius 2 is 1.96 bits per heavy atom. The van der Waals surface area contributed by atoms with Crippen LogP contribution in [0, 0.1) is 5.41 Å². The molecule has 0 aromatic rings. The monoisotopic (exact) mass is 480 g/mol. The van der Waals surface area contributed by atoms with Gasteiger partial charge >= 0.3 is 0 Å². The molecule has 0 aromatic carbocycles.